The molecule has 4 nitrogen and oxygen atoms in total. The van der Waals surface area contributed by atoms with E-state index in [1.165, 1.54) is 19.2 Å². The molecule has 0 aliphatic carbocycles. The average molecular weight is 321 g/mol. The lowest BCUT2D eigenvalue weighted by molar-refractivity contribution is -0.142. The number of halogens is 3. The first-order valence-corrected chi connectivity index (χ1v) is 7.66. The summed E-state index contributed by atoms with van der Waals surface area (Å²) < 4.78 is 53.9. The monoisotopic (exact) mass is 321 g/mol. The maximum absolute atomic E-state index is 12.5. The van der Waals surface area contributed by atoms with Gasteiger partial charge >= 0.3 is 12.1 Å². The first-order valence-electron chi connectivity index (χ1n) is 6.17. The molecule has 1 N–H and O–H groups in total. The third-order valence-corrected chi connectivity index (χ3v) is 4.64. The predicted molar refractivity (Wildman–Crippen MR) is 71.0 cm³/mol. The molecule has 0 radical (unpaired) electrons. The Morgan fingerprint density at radius 3 is 2.43 bits per heavy atom. The predicted octanol–water partition coefficient (Wildman–Crippen LogP) is 1.64. The second kappa shape index (κ2) is 6.15. The molecular weight excluding hydrogens is 307 g/mol. The zero-order chi connectivity index (χ0) is 15.6. The van der Waals surface area contributed by atoms with Crippen LogP contribution in [0.4, 0.5) is 13.2 Å². The fourth-order valence-electron chi connectivity index (χ4n) is 2.15. The van der Waals surface area contributed by atoms with Crippen LogP contribution in [-0.4, -0.2) is 34.8 Å². The summed E-state index contributed by atoms with van der Waals surface area (Å²) >= 11 is 0. The molecule has 0 aromatic heterocycles. The average Bonchev–Trinajstić information content (AvgIpc) is 2.45. The van der Waals surface area contributed by atoms with Gasteiger partial charge in [0.1, 0.15) is 6.04 Å². The fraction of sp³-hybridized carbons (Fsp3) is 0.462. The first kappa shape index (κ1) is 16.0. The van der Waals surface area contributed by atoms with Gasteiger partial charge in [-0.3, -0.25) is 14.3 Å². The standard InChI is InChI=1S/C13H14F3NO3S/c1-20-12(18)11-7-21(19)6-10(17-11)8-2-4-9(5-3-8)13(14,15)16/h2-5,10-11,17H,6-7H2,1H3. The zero-order valence-corrected chi connectivity index (χ0v) is 12.0. The molecule has 0 spiro atoms. The van der Waals surface area contributed by atoms with Crippen LogP contribution >= 0.6 is 0 Å². The summed E-state index contributed by atoms with van der Waals surface area (Å²) in [6, 6.07) is 3.46. The van der Waals surface area contributed by atoms with Crippen molar-refractivity contribution in [1.82, 2.24) is 5.32 Å². The summed E-state index contributed by atoms with van der Waals surface area (Å²) in [4.78, 5) is 11.5. The molecule has 8 heteroatoms. The highest BCUT2D eigenvalue weighted by atomic mass is 32.2. The number of rotatable bonds is 2. The number of carbonyl (C=O) groups is 1. The van der Waals surface area contributed by atoms with Crippen molar-refractivity contribution in [2.24, 2.45) is 0 Å². The lowest BCUT2D eigenvalue weighted by Gasteiger charge is -2.29. The molecule has 1 saturated heterocycles. The van der Waals surface area contributed by atoms with Gasteiger partial charge in [-0.25, -0.2) is 0 Å². The SMILES string of the molecule is COC(=O)C1CS(=O)CC(c2ccc(C(F)(F)F)cc2)N1. The number of carbonyl (C=O) groups excluding carboxylic acids is 1. The van der Waals surface area contributed by atoms with Gasteiger partial charge in [0, 0.05) is 28.3 Å². The lowest BCUT2D eigenvalue weighted by atomic mass is 10.0. The second-order valence-corrected chi connectivity index (χ2v) is 6.23. The summed E-state index contributed by atoms with van der Waals surface area (Å²) in [6.45, 7) is 0. The van der Waals surface area contributed by atoms with Crippen molar-refractivity contribution in [2.75, 3.05) is 18.6 Å². The Morgan fingerprint density at radius 1 is 1.29 bits per heavy atom. The normalized spacial score (nSPS) is 26.4. The summed E-state index contributed by atoms with van der Waals surface area (Å²) in [6.07, 6.45) is -4.39. The Hall–Kier alpha value is -1.41. The molecule has 1 aliphatic heterocycles. The summed E-state index contributed by atoms with van der Waals surface area (Å²) in [5.41, 5.74) is -0.183. The van der Waals surface area contributed by atoms with Crippen molar-refractivity contribution in [3.05, 3.63) is 35.4 Å². The zero-order valence-electron chi connectivity index (χ0n) is 11.1. The van der Waals surface area contributed by atoms with Gasteiger partial charge in [0.05, 0.1) is 12.7 Å². The van der Waals surface area contributed by atoms with Crippen molar-refractivity contribution < 1.29 is 26.9 Å². The summed E-state index contributed by atoms with van der Waals surface area (Å²) in [5.74, 6) is -0.136. The Labute approximate surface area is 122 Å². The van der Waals surface area contributed by atoms with Gasteiger partial charge < -0.3 is 4.74 Å². The Kier molecular flexibility index (Phi) is 4.67. The molecule has 1 heterocycles. The summed E-state index contributed by atoms with van der Waals surface area (Å²) in [5, 5.41) is 2.96. The van der Waals surface area contributed by atoms with Gasteiger partial charge in [-0.15, -0.1) is 0 Å². The van der Waals surface area contributed by atoms with E-state index in [2.05, 4.69) is 10.1 Å². The molecule has 3 atom stereocenters. The Morgan fingerprint density at radius 2 is 1.90 bits per heavy atom. The van der Waals surface area contributed by atoms with Crippen molar-refractivity contribution in [3.8, 4) is 0 Å². The molecule has 1 aromatic rings. The number of esters is 1. The van der Waals surface area contributed by atoms with Gasteiger partial charge in [-0.2, -0.15) is 13.2 Å². The number of nitrogens with one attached hydrogen (secondary N) is 1. The van der Waals surface area contributed by atoms with Crippen LogP contribution in [0.15, 0.2) is 24.3 Å². The molecule has 21 heavy (non-hydrogen) atoms. The van der Waals surface area contributed by atoms with Crippen LogP contribution in [0.3, 0.4) is 0 Å². The fourth-order valence-corrected chi connectivity index (χ4v) is 3.55. The third-order valence-electron chi connectivity index (χ3n) is 3.23. The largest absolute Gasteiger partial charge is 0.468 e. The van der Waals surface area contributed by atoms with Crippen molar-refractivity contribution in [1.29, 1.82) is 0 Å². The first-order chi connectivity index (χ1) is 9.81. The van der Waals surface area contributed by atoms with Crippen LogP contribution in [0.5, 0.6) is 0 Å². The van der Waals surface area contributed by atoms with Crippen LogP contribution < -0.4 is 5.32 Å². The minimum atomic E-state index is -4.39. The van der Waals surface area contributed by atoms with Crippen LogP contribution in [-0.2, 0) is 26.5 Å². The maximum Gasteiger partial charge on any atom is 0.416 e. The van der Waals surface area contributed by atoms with Gasteiger partial charge in [-0.05, 0) is 17.7 Å². The van der Waals surface area contributed by atoms with Gasteiger partial charge in [0.2, 0.25) is 0 Å². The van der Waals surface area contributed by atoms with Crippen molar-refractivity contribution in [3.63, 3.8) is 0 Å². The van der Waals surface area contributed by atoms with E-state index in [1.807, 2.05) is 0 Å². The third kappa shape index (κ3) is 3.82. The Balaban J connectivity index is 2.17. The van der Waals surface area contributed by atoms with Crippen LogP contribution in [0.1, 0.15) is 17.2 Å². The highest BCUT2D eigenvalue weighted by Crippen LogP contribution is 2.30. The van der Waals surface area contributed by atoms with E-state index < -0.39 is 40.6 Å². The number of hydrogen-bond donors (Lipinski definition) is 1. The Bertz CT molecular complexity index is 545. The molecule has 3 unspecified atom stereocenters. The minimum Gasteiger partial charge on any atom is -0.468 e. The lowest BCUT2D eigenvalue weighted by Crippen LogP contribution is -2.49. The van der Waals surface area contributed by atoms with E-state index >= 15 is 0 Å². The van der Waals surface area contributed by atoms with Crippen molar-refractivity contribution >= 4 is 16.8 Å². The summed E-state index contributed by atoms with van der Waals surface area (Å²) in [7, 11) is -0.000187. The van der Waals surface area contributed by atoms with Gasteiger partial charge in [-0.1, -0.05) is 12.1 Å². The van der Waals surface area contributed by atoms with Crippen LogP contribution in [0.2, 0.25) is 0 Å². The molecule has 1 fully saturated rings. The highest BCUT2D eigenvalue weighted by molar-refractivity contribution is 7.85. The number of benzene rings is 1. The molecule has 0 saturated carbocycles. The second-order valence-electron chi connectivity index (χ2n) is 4.69. The van der Waals surface area contributed by atoms with E-state index in [0.717, 1.165) is 12.1 Å². The van der Waals surface area contributed by atoms with Crippen LogP contribution in [0, 0.1) is 0 Å². The van der Waals surface area contributed by atoms with E-state index in [4.69, 9.17) is 0 Å². The number of methoxy groups -OCH3 is 1. The van der Waals surface area contributed by atoms with Gasteiger partial charge in [0.15, 0.2) is 0 Å². The molecular formula is C13H14F3NO3S. The minimum absolute atomic E-state index is 0.143. The maximum atomic E-state index is 12.5. The van der Waals surface area contributed by atoms with Crippen molar-refractivity contribution in [2.45, 2.75) is 18.3 Å². The van der Waals surface area contributed by atoms with E-state index in [9.17, 15) is 22.2 Å². The smallest absolute Gasteiger partial charge is 0.416 e. The van der Waals surface area contributed by atoms with E-state index in [1.54, 1.807) is 0 Å². The molecule has 0 bridgehead atoms. The molecule has 2 rings (SSSR count). The van der Waals surface area contributed by atoms with Crippen LogP contribution in [0.25, 0.3) is 0 Å². The molecule has 116 valence electrons. The van der Waals surface area contributed by atoms with E-state index in [0.29, 0.717) is 5.56 Å². The number of hydrogen-bond acceptors (Lipinski definition) is 4. The molecule has 0 amide bonds. The number of ether oxygens (including phenoxy) is 1. The molecule has 1 aromatic carbocycles. The van der Waals surface area contributed by atoms with Gasteiger partial charge in [0.25, 0.3) is 0 Å². The highest BCUT2D eigenvalue weighted by Gasteiger charge is 2.33. The topological polar surface area (TPSA) is 55.4 Å². The number of alkyl halides is 3. The quantitative estimate of drug-likeness (QED) is 0.842. The van der Waals surface area contributed by atoms with E-state index in [-0.39, 0.29) is 11.5 Å². The molecule has 1 aliphatic rings.